The van der Waals surface area contributed by atoms with Crippen LogP contribution >= 0.6 is 0 Å². The molecule has 1 saturated heterocycles. The third kappa shape index (κ3) is 3.30. The predicted octanol–water partition coefficient (Wildman–Crippen LogP) is 1.42. The summed E-state index contributed by atoms with van der Waals surface area (Å²) in [5, 5.41) is 13.7. The molecule has 7 heteroatoms. The molecule has 1 aromatic heterocycles. The number of ether oxygens (including phenoxy) is 1. The first-order chi connectivity index (χ1) is 10.7. The van der Waals surface area contributed by atoms with Crippen molar-refractivity contribution in [3.05, 3.63) is 36.4 Å². The topological polar surface area (TPSA) is 84.0 Å². The average Bonchev–Trinajstić information content (AvgIpc) is 3.08. The number of piperidine rings is 1. The second-order valence-electron chi connectivity index (χ2n) is 5.18. The molecule has 0 radical (unpaired) electrons. The van der Waals surface area contributed by atoms with Crippen LogP contribution in [-0.4, -0.2) is 51.1 Å². The molecule has 114 valence electrons. The Hall–Kier alpha value is -2.70. The molecular formula is C15H17N5O2. The molecule has 1 N–H and O–H groups in total. The van der Waals surface area contributed by atoms with Gasteiger partial charge in [-0.3, -0.25) is 4.79 Å². The first kappa shape index (κ1) is 14.2. The lowest BCUT2D eigenvalue weighted by Gasteiger charge is -2.27. The first-order valence-corrected chi connectivity index (χ1v) is 7.13. The van der Waals surface area contributed by atoms with Crippen molar-refractivity contribution >= 4 is 5.91 Å². The number of rotatable bonds is 4. The van der Waals surface area contributed by atoms with Gasteiger partial charge in [0.15, 0.2) is 6.61 Å². The van der Waals surface area contributed by atoms with Crippen molar-refractivity contribution < 1.29 is 9.53 Å². The van der Waals surface area contributed by atoms with Crippen LogP contribution in [0.25, 0.3) is 11.4 Å². The van der Waals surface area contributed by atoms with Gasteiger partial charge >= 0.3 is 0 Å². The molecule has 2 aromatic rings. The minimum Gasteiger partial charge on any atom is -0.484 e. The summed E-state index contributed by atoms with van der Waals surface area (Å²) in [7, 11) is 0. The zero-order valence-corrected chi connectivity index (χ0v) is 12.2. The van der Waals surface area contributed by atoms with E-state index in [0.717, 1.165) is 31.5 Å². The largest absolute Gasteiger partial charge is 0.484 e. The number of H-pyrrole nitrogens is 1. The molecular weight excluding hydrogens is 282 g/mol. The number of carbonyl (C=O) groups excluding carboxylic acids is 1. The molecule has 0 atom stereocenters. The minimum atomic E-state index is 0.00902. The molecule has 1 amide bonds. The van der Waals surface area contributed by atoms with Gasteiger partial charge in [-0.05, 0) is 42.3 Å². The molecule has 3 rings (SSSR count). The van der Waals surface area contributed by atoms with E-state index >= 15 is 0 Å². The van der Waals surface area contributed by atoms with E-state index in [1.807, 2.05) is 17.0 Å². The zero-order chi connectivity index (χ0) is 15.4. The lowest BCUT2D eigenvalue weighted by molar-refractivity contribution is -0.133. The van der Waals surface area contributed by atoms with Crippen LogP contribution in [0.1, 0.15) is 12.8 Å². The van der Waals surface area contributed by atoms with Crippen molar-refractivity contribution in [1.82, 2.24) is 25.5 Å². The molecule has 2 heterocycles. The quantitative estimate of drug-likeness (QED) is 0.863. The fourth-order valence-corrected chi connectivity index (χ4v) is 2.29. The summed E-state index contributed by atoms with van der Waals surface area (Å²) in [5.74, 6) is 1.17. The monoisotopic (exact) mass is 299 g/mol. The van der Waals surface area contributed by atoms with Crippen LogP contribution in [0.2, 0.25) is 0 Å². The number of nitrogens with zero attached hydrogens (tertiary/aromatic N) is 4. The lowest BCUT2D eigenvalue weighted by Crippen LogP contribution is -2.39. The van der Waals surface area contributed by atoms with E-state index < -0.39 is 0 Å². The molecule has 0 spiro atoms. The van der Waals surface area contributed by atoms with Crippen molar-refractivity contribution in [3.63, 3.8) is 0 Å². The SMILES string of the molecule is C=C1CCN(C(=O)COc2ccc(-c3nn[nH]n3)cc2)CC1. The minimum absolute atomic E-state index is 0.00902. The maximum absolute atomic E-state index is 12.1. The fourth-order valence-electron chi connectivity index (χ4n) is 2.29. The molecule has 0 saturated carbocycles. The van der Waals surface area contributed by atoms with Crippen molar-refractivity contribution in [1.29, 1.82) is 0 Å². The van der Waals surface area contributed by atoms with Gasteiger partial charge in [-0.25, -0.2) is 0 Å². The summed E-state index contributed by atoms with van der Waals surface area (Å²) < 4.78 is 5.54. The number of carbonyl (C=O) groups is 1. The standard InChI is InChI=1S/C15H17N5O2/c1-11-6-8-20(9-7-11)14(21)10-22-13-4-2-12(3-5-13)15-16-18-19-17-15/h2-5H,1,6-10H2,(H,16,17,18,19). The molecule has 1 aliphatic rings. The fraction of sp³-hybridized carbons (Fsp3) is 0.333. The van der Waals surface area contributed by atoms with E-state index in [0.29, 0.717) is 11.6 Å². The number of amides is 1. The van der Waals surface area contributed by atoms with Crippen LogP contribution in [0.4, 0.5) is 0 Å². The van der Waals surface area contributed by atoms with Gasteiger partial charge in [0.05, 0.1) is 0 Å². The average molecular weight is 299 g/mol. The maximum atomic E-state index is 12.1. The summed E-state index contributed by atoms with van der Waals surface area (Å²) in [6.07, 6.45) is 1.76. The van der Waals surface area contributed by atoms with Gasteiger partial charge in [0.2, 0.25) is 5.82 Å². The molecule has 0 unspecified atom stereocenters. The van der Waals surface area contributed by atoms with Crippen molar-refractivity contribution in [2.45, 2.75) is 12.8 Å². The highest BCUT2D eigenvalue weighted by Gasteiger charge is 2.18. The van der Waals surface area contributed by atoms with E-state index in [4.69, 9.17) is 4.74 Å². The molecule has 1 aliphatic heterocycles. The summed E-state index contributed by atoms with van der Waals surface area (Å²) in [6, 6.07) is 7.24. The number of hydrogen-bond donors (Lipinski definition) is 1. The Balaban J connectivity index is 1.53. The number of benzene rings is 1. The number of hydrogen-bond acceptors (Lipinski definition) is 5. The number of likely N-dealkylation sites (tertiary alicyclic amines) is 1. The Labute approximate surface area is 128 Å². The number of aromatic amines is 1. The van der Waals surface area contributed by atoms with E-state index in [1.165, 1.54) is 5.57 Å². The second-order valence-corrected chi connectivity index (χ2v) is 5.18. The normalized spacial score (nSPS) is 14.9. The number of tetrazole rings is 1. The van der Waals surface area contributed by atoms with Crippen LogP contribution < -0.4 is 4.74 Å². The van der Waals surface area contributed by atoms with E-state index in [-0.39, 0.29) is 12.5 Å². The van der Waals surface area contributed by atoms with Gasteiger partial charge in [-0.2, -0.15) is 5.21 Å². The summed E-state index contributed by atoms with van der Waals surface area (Å²) in [5.41, 5.74) is 2.05. The third-order valence-corrected chi connectivity index (χ3v) is 3.64. The molecule has 0 aliphatic carbocycles. The molecule has 1 aromatic carbocycles. The zero-order valence-electron chi connectivity index (χ0n) is 12.2. The van der Waals surface area contributed by atoms with Gasteiger partial charge in [0.25, 0.3) is 5.91 Å². The van der Waals surface area contributed by atoms with Crippen molar-refractivity contribution in [2.75, 3.05) is 19.7 Å². The molecule has 22 heavy (non-hydrogen) atoms. The van der Waals surface area contributed by atoms with E-state index in [2.05, 4.69) is 27.2 Å². The molecule has 1 fully saturated rings. The lowest BCUT2D eigenvalue weighted by atomic mass is 10.1. The summed E-state index contributed by atoms with van der Waals surface area (Å²) >= 11 is 0. The van der Waals surface area contributed by atoms with Gasteiger partial charge < -0.3 is 9.64 Å². The van der Waals surface area contributed by atoms with E-state index in [1.54, 1.807) is 12.1 Å². The van der Waals surface area contributed by atoms with Crippen molar-refractivity contribution in [2.24, 2.45) is 0 Å². The Morgan fingerprint density at radius 1 is 1.27 bits per heavy atom. The number of aromatic nitrogens is 4. The molecule has 7 nitrogen and oxygen atoms in total. The predicted molar refractivity (Wildman–Crippen MR) is 80.1 cm³/mol. The Morgan fingerprint density at radius 2 is 2.00 bits per heavy atom. The summed E-state index contributed by atoms with van der Waals surface area (Å²) in [6.45, 7) is 5.46. The Bertz CT molecular complexity index is 641. The van der Waals surface area contributed by atoms with Crippen LogP contribution in [0.3, 0.4) is 0 Å². The highest BCUT2D eigenvalue weighted by Crippen LogP contribution is 2.19. The smallest absolute Gasteiger partial charge is 0.260 e. The van der Waals surface area contributed by atoms with Gasteiger partial charge in [-0.1, -0.05) is 12.2 Å². The Morgan fingerprint density at radius 3 is 2.64 bits per heavy atom. The first-order valence-electron chi connectivity index (χ1n) is 7.13. The second kappa shape index (κ2) is 6.38. The Kier molecular flexibility index (Phi) is 4.13. The van der Waals surface area contributed by atoms with Crippen LogP contribution in [0.5, 0.6) is 5.75 Å². The third-order valence-electron chi connectivity index (χ3n) is 3.64. The van der Waals surface area contributed by atoms with Crippen LogP contribution in [-0.2, 0) is 4.79 Å². The van der Waals surface area contributed by atoms with Gasteiger partial charge in [-0.15, -0.1) is 10.2 Å². The van der Waals surface area contributed by atoms with Gasteiger partial charge in [0, 0.05) is 18.7 Å². The highest BCUT2D eigenvalue weighted by atomic mass is 16.5. The van der Waals surface area contributed by atoms with Crippen LogP contribution in [0.15, 0.2) is 36.4 Å². The molecule has 0 bridgehead atoms. The van der Waals surface area contributed by atoms with Gasteiger partial charge in [0.1, 0.15) is 5.75 Å². The highest BCUT2D eigenvalue weighted by molar-refractivity contribution is 5.78. The summed E-state index contributed by atoms with van der Waals surface area (Å²) in [4.78, 5) is 13.9. The maximum Gasteiger partial charge on any atom is 0.260 e. The van der Waals surface area contributed by atoms with Crippen LogP contribution in [0, 0.1) is 0 Å². The van der Waals surface area contributed by atoms with E-state index in [9.17, 15) is 4.79 Å². The number of nitrogens with one attached hydrogen (secondary N) is 1. The van der Waals surface area contributed by atoms with Crippen molar-refractivity contribution in [3.8, 4) is 17.1 Å².